The van der Waals surface area contributed by atoms with Crippen LogP contribution in [0.2, 0.25) is 0 Å². The maximum atomic E-state index is 12.8. The normalized spacial score (nSPS) is 17.5. The average molecular weight is 341 g/mol. The van der Waals surface area contributed by atoms with Gasteiger partial charge < -0.3 is 10.6 Å². The zero-order valence-electron chi connectivity index (χ0n) is 14.6. The Morgan fingerprint density at radius 2 is 1.96 bits per heavy atom. The van der Waals surface area contributed by atoms with E-state index in [1.54, 1.807) is 9.58 Å². The number of nitrogens with two attached hydrogens (primary N) is 1. The van der Waals surface area contributed by atoms with E-state index >= 15 is 0 Å². The summed E-state index contributed by atoms with van der Waals surface area (Å²) in [6, 6.07) is 7.90. The molecular weight excluding hydrogens is 318 g/mol. The molecule has 7 heteroatoms. The Bertz CT molecular complexity index is 781. The van der Waals surface area contributed by atoms with Crippen LogP contribution in [0.25, 0.3) is 5.69 Å². The smallest absolute Gasteiger partial charge is 0.276 e. The van der Waals surface area contributed by atoms with Crippen molar-refractivity contribution in [1.29, 1.82) is 0 Å². The number of aryl methyl sites for hydroxylation is 1. The van der Waals surface area contributed by atoms with Crippen LogP contribution in [0.4, 0.5) is 0 Å². The first-order valence-corrected chi connectivity index (χ1v) is 8.52. The second-order valence-corrected chi connectivity index (χ2v) is 6.70. The fourth-order valence-corrected chi connectivity index (χ4v) is 3.31. The zero-order chi connectivity index (χ0) is 18.0. The van der Waals surface area contributed by atoms with Crippen LogP contribution in [0.5, 0.6) is 0 Å². The molecule has 132 valence electrons. The highest BCUT2D eigenvalue weighted by molar-refractivity contribution is 5.93. The van der Waals surface area contributed by atoms with Crippen LogP contribution in [-0.4, -0.2) is 44.8 Å². The summed E-state index contributed by atoms with van der Waals surface area (Å²) >= 11 is 0. The van der Waals surface area contributed by atoms with E-state index in [4.69, 9.17) is 5.73 Å². The van der Waals surface area contributed by atoms with Crippen molar-refractivity contribution in [3.63, 3.8) is 0 Å². The largest absolute Gasteiger partial charge is 0.370 e. The molecule has 1 aromatic carbocycles. The molecule has 1 aliphatic rings. The number of hydrogen-bond acceptors (Lipinski definition) is 4. The molecule has 1 saturated heterocycles. The molecule has 25 heavy (non-hydrogen) atoms. The lowest BCUT2D eigenvalue weighted by atomic mass is 9.94. The van der Waals surface area contributed by atoms with E-state index < -0.39 is 0 Å². The van der Waals surface area contributed by atoms with E-state index in [1.165, 1.54) is 0 Å². The number of carbonyl (C=O) groups excluding carboxylic acids is 2. The van der Waals surface area contributed by atoms with Gasteiger partial charge in [0.25, 0.3) is 5.91 Å². The van der Waals surface area contributed by atoms with Crippen LogP contribution in [0.15, 0.2) is 24.3 Å². The van der Waals surface area contributed by atoms with Crippen molar-refractivity contribution in [2.24, 2.45) is 11.7 Å². The van der Waals surface area contributed by atoms with Gasteiger partial charge in [-0.05, 0) is 44.7 Å². The van der Waals surface area contributed by atoms with E-state index in [-0.39, 0.29) is 17.7 Å². The van der Waals surface area contributed by atoms with Crippen molar-refractivity contribution in [3.8, 4) is 5.69 Å². The highest BCUT2D eigenvalue weighted by Crippen LogP contribution is 2.22. The SMILES string of the molecule is Cc1ccc(-n2nnc(C(=O)N3CCC[C@@H](CC(N)=O)C3)c2C)cc1. The summed E-state index contributed by atoms with van der Waals surface area (Å²) < 4.78 is 1.68. The predicted molar refractivity (Wildman–Crippen MR) is 93.3 cm³/mol. The predicted octanol–water partition coefficient (Wildman–Crippen LogP) is 1.61. The molecule has 3 rings (SSSR count). The number of amides is 2. The lowest BCUT2D eigenvalue weighted by Crippen LogP contribution is -2.41. The molecule has 2 aromatic rings. The third-order valence-electron chi connectivity index (χ3n) is 4.67. The van der Waals surface area contributed by atoms with E-state index in [2.05, 4.69) is 10.3 Å². The summed E-state index contributed by atoms with van der Waals surface area (Å²) in [5, 5.41) is 8.25. The Morgan fingerprint density at radius 1 is 1.24 bits per heavy atom. The number of rotatable bonds is 4. The van der Waals surface area contributed by atoms with Crippen LogP contribution < -0.4 is 5.73 Å². The van der Waals surface area contributed by atoms with Crippen LogP contribution in [0, 0.1) is 19.8 Å². The van der Waals surface area contributed by atoms with Crippen molar-refractivity contribution < 1.29 is 9.59 Å². The minimum atomic E-state index is -0.319. The molecule has 0 radical (unpaired) electrons. The van der Waals surface area contributed by atoms with Crippen LogP contribution in [0.3, 0.4) is 0 Å². The molecule has 2 N–H and O–H groups in total. The third kappa shape index (κ3) is 3.70. The Kier molecular flexibility index (Phi) is 4.83. The molecule has 0 spiro atoms. The number of benzene rings is 1. The minimum absolute atomic E-state index is 0.127. The van der Waals surface area contributed by atoms with E-state index in [1.807, 2.05) is 38.1 Å². The number of nitrogens with zero attached hydrogens (tertiary/aromatic N) is 4. The molecule has 7 nitrogen and oxygen atoms in total. The third-order valence-corrected chi connectivity index (χ3v) is 4.67. The van der Waals surface area contributed by atoms with Crippen LogP contribution in [0.1, 0.15) is 41.0 Å². The molecule has 1 aromatic heterocycles. The number of aromatic nitrogens is 3. The van der Waals surface area contributed by atoms with Crippen molar-refractivity contribution in [2.45, 2.75) is 33.1 Å². The van der Waals surface area contributed by atoms with E-state index in [0.717, 1.165) is 24.1 Å². The standard InChI is InChI=1S/C18H23N5O2/c1-12-5-7-15(8-6-12)23-13(2)17(20-21-23)18(25)22-9-3-4-14(11-22)10-16(19)24/h5-8,14H,3-4,9-11H2,1-2H3,(H2,19,24)/t14-/m0/s1. The molecule has 0 aliphatic carbocycles. The molecule has 0 bridgehead atoms. The zero-order valence-corrected chi connectivity index (χ0v) is 14.6. The first-order valence-electron chi connectivity index (χ1n) is 8.52. The van der Waals surface area contributed by atoms with Gasteiger partial charge in [-0.15, -0.1) is 5.10 Å². The Hall–Kier alpha value is -2.70. The number of primary amides is 1. The molecule has 2 heterocycles. The van der Waals surface area contributed by atoms with Gasteiger partial charge in [0.05, 0.1) is 11.4 Å². The summed E-state index contributed by atoms with van der Waals surface area (Å²) in [6.07, 6.45) is 2.11. The maximum absolute atomic E-state index is 12.8. The highest BCUT2D eigenvalue weighted by atomic mass is 16.2. The van der Waals surface area contributed by atoms with Gasteiger partial charge in [-0.25, -0.2) is 4.68 Å². The Labute approximate surface area is 146 Å². The lowest BCUT2D eigenvalue weighted by Gasteiger charge is -2.31. The molecule has 0 saturated carbocycles. The van der Waals surface area contributed by atoms with Gasteiger partial charge in [-0.2, -0.15) is 0 Å². The van der Waals surface area contributed by atoms with Crippen molar-refractivity contribution >= 4 is 11.8 Å². The lowest BCUT2D eigenvalue weighted by molar-refractivity contribution is -0.119. The number of hydrogen-bond donors (Lipinski definition) is 1. The first-order chi connectivity index (χ1) is 12.0. The van der Waals surface area contributed by atoms with Crippen molar-refractivity contribution in [2.75, 3.05) is 13.1 Å². The van der Waals surface area contributed by atoms with Crippen LogP contribution >= 0.6 is 0 Å². The van der Waals surface area contributed by atoms with Crippen molar-refractivity contribution in [1.82, 2.24) is 19.9 Å². The fraction of sp³-hybridized carbons (Fsp3) is 0.444. The molecule has 1 atom stereocenters. The maximum Gasteiger partial charge on any atom is 0.276 e. The van der Waals surface area contributed by atoms with Gasteiger partial charge in [-0.3, -0.25) is 9.59 Å². The summed E-state index contributed by atoms with van der Waals surface area (Å²) in [5.74, 6) is -0.325. The minimum Gasteiger partial charge on any atom is -0.370 e. The summed E-state index contributed by atoms with van der Waals surface area (Å²) in [7, 11) is 0. The summed E-state index contributed by atoms with van der Waals surface area (Å²) in [5.41, 5.74) is 8.40. The number of piperidine rings is 1. The van der Waals surface area contributed by atoms with Gasteiger partial charge in [0.2, 0.25) is 5.91 Å². The van der Waals surface area contributed by atoms with Gasteiger partial charge in [0.15, 0.2) is 5.69 Å². The van der Waals surface area contributed by atoms with Gasteiger partial charge >= 0.3 is 0 Å². The monoisotopic (exact) mass is 341 g/mol. The fourth-order valence-electron chi connectivity index (χ4n) is 3.31. The van der Waals surface area contributed by atoms with Crippen molar-refractivity contribution in [3.05, 3.63) is 41.2 Å². The molecule has 1 aliphatic heterocycles. The molecular formula is C18H23N5O2. The average Bonchev–Trinajstić information content (AvgIpc) is 2.96. The molecule has 1 fully saturated rings. The molecule has 2 amide bonds. The summed E-state index contributed by atoms with van der Waals surface area (Å²) in [4.78, 5) is 25.7. The quantitative estimate of drug-likeness (QED) is 0.914. The van der Waals surface area contributed by atoms with Gasteiger partial charge in [0, 0.05) is 19.5 Å². The topological polar surface area (TPSA) is 94.1 Å². The summed E-state index contributed by atoms with van der Waals surface area (Å²) in [6.45, 7) is 5.08. The Balaban J connectivity index is 1.79. The first kappa shape index (κ1) is 17.1. The van der Waals surface area contributed by atoms with E-state index in [0.29, 0.717) is 30.9 Å². The number of likely N-dealkylation sites (tertiary alicyclic amines) is 1. The van der Waals surface area contributed by atoms with E-state index in [9.17, 15) is 9.59 Å². The second-order valence-electron chi connectivity index (χ2n) is 6.70. The molecule has 0 unspecified atom stereocenters. The number of carbonyl (C=O) groups is 2. The van der Waals surface area contributed by atoms with Crippen LogP contribution in [-0.2, 0) is 4.79 Å². The second kappa shape index (κ2) is 7.04. The van der Waals surface area contributed by atoms with Gasteiger partial charge in [-0.1, -0.05) is 22.9 Å². The Morgan fingerprint density at radius 3 is 2.64 bits per heavy atom. The van der Waals surface area contributed by atoms with Gasteiger partial charge in [0.1, 0.15) is 0 Å². The highest BCUT2D eigenvalue weighted by Gasteiger charge is 2.28.